The number of nitrogens with zero attached hydrogens (tertiary/aromatic N) is 2. The van der Waals surface area contributed by atoms with Gasteiger partial charge in [-0.05, 0) is 45.0 Å². The summed E-state index contributed by atoms with van der Waals surface area (Å²) in [5.41, 5.74) is 3.56. The van der Waals surface area contributed by atoms with Crippen LogP contribution >= 0.6 is 0 Å². The first-order valence-electron chi connectivity index (χ1n) is 9.14. The van der Waals surface area contributed by atoms with E-state index < -0.39 is 5.91 Å². The Hall–Kier alpha value is -3.52. The molecule has 0 bridgehead atoms. The molecule has 5 heteroatoms. The molecular weight excluding hydrogens is 350 g/mol. The maximum absolute atomic E-state index is 12.7. The lowest BCUT2D eigenvalue weighted by molar-refractivity contribution is -0.112. The number of anilines is 1. The van der Waals surface area contributed by atoms with Crippen LogP contribution in [0, 0.1) is 18.3 Å². The van der Waals surface area contributed by atoms with Crippen LogP contribution in [0.4, 0.5) is 5.69 Å². The van der Waals surface area contributed by atoms with Crippen LogP contribution in [0.1, 0.15) is 25.1 Å². The summed E-state index contributed by atoms with van der Waals surface area (Å²) in [6.45, 7) is 5.86. The van der Waals surface area contributed by atoms with Crippen LogP contribution in [0.25, 0.3) is 17.0 Å². The summed E-state index contributed by atoms with van der Waals surface area (Å²) in [6.07, 6.45) is 1.69. The van der Waals surface area contributed by atoms with Gasteiger partial charge < -0.3 is 14.6 Å². The fourth-order valence-electron chi connectivity index (χ4n) is 3.14. The first-order valence-corrected chi connectivity index (χ1v) is 9.14. The van der Waals surface area contributed by atoms with E-state index in [2.05, 4.69) is 9.88 Å². The number of benzene rings is 2. The molecule has 0 spiro atoms. The molecule has 1 aromatic heterocycles. The van der Waals surface area contributed by atoms with Crippen molar-refractivity contribution in [2.24, 2.45) is 7.05 Å². The van der Waals surface area contributed by atoms with Crippen molar-refractivity contribution in [2.75, 3.05) is 5.32 Å². The monoisotopic (exact) mass is 373 g/mol. The number of nitriles is 1. The highest BCUT2D eigenvalue weighted by molar-refractivity contribution is 6.11. The quantitative estimate of drug-likeness (QED) is 0.515. The Bertz CT molecular complexity index is 1100. The van der Waals surface area contributed by atoms with Gasteiger partial charge in [0, 0.05) is 41.0 Å². The molecule has 0 fully saturated rings. The van der Waals surface area contributed by atoms with Crippen molar-refractivity contribution < 1.29 is 9.53 Å². The number of nitrogens with one attached hydrogen (secondary N) is 1. The molecule has 0 unspecified atom stereocenters. The Morgan fingerprint density at radius 1 is 1.21 bits per heavy atom. The Kier molecular flexibility index (Phi) is 5.51. The highest BCUT2D eigenvalue weighted by Gasteiger charge is 2.15. The van der Waals surface area contributed by atoms with Crippen molar-refractivity contribution in [3.05, 3.63) is 65.4 Å². The molecule has 0 saturated heterocycles. The minimum Gasteiger partial charge on any atom is -0.491 e. The third-order valence-electron chi connectivity index (χ3n) is 4.57. The average molecular weight is 373 g/mol. The largest absolute Gasteiger partial charge is 0.491 e. The van der Waals surface area contributed by atoms with Gasteiger partial charge in [0.15, 0.2) is 0 Å². The first kappa shape index (κ1) is 19.2. The zero-order valence-corrected chi connectivity index (χ0v) is 16.5. The fraction of sp³-hybridized carbons (Fsp3) is 0.217. The highest BCUT2D eigenvalue weighted by Crippen LogP contribution is 2.27. The van der Waals surface area contributed by atoms with Crippen molar-refractivity contribution >= 4 is 28.6 Å². The van der Waals surface area contributed by atoms with Gasteiger partial charge in [-0.25, -0.2) is 0 Å². The molecule has 0 aliphatic carbocycles. The fourth-order valence-corrected chi connectivity index (χ4v) is 3.14. The Morgan fingerprint density at radius 2 is 1.96 bits per heavy atom. The van der Waals surface area contributed by atoms with Gasteiger partial charge in [0.25, 0.3) is 5.91 Å². The topological polar surface area (TPSA) is 67.1 Å². The number of amides is 1. The maximum atomic E-state index is 12.7. The van der Waals surface area contributed by atoms with Crippen LogP contribution in [0.3, 0.4) is 0 Å². The summed E-state index contributed by atoms with van der Waals surface area (Å²) >= 11 is 0. The van der Waals surface area contributed by atoms with E-state index in [4.69, 9.17) is 4.74 Å². The second-order valence-electron chi connectivity index (χ2n) is 6.89. The summed E-state index contributed by atoms with van der Waals surface area (Å²) in [4.78, 5) is 12.7. The lowest BCUT2D eigenvalue weighted by Crippen LogP contribution is -2.14. The molecular formula is C23H23N3O2. The summed E-state index contributed by atoms with van der Waals surface area (Å²) in [5.74, 6) is 0.219. The maximum Gasteiger partial charge on any atom is 0.266 e. The number of aryl methyl sites for hydroxylation is 1. The molecule has 5 nitrogen and oxygen atoms in total. The zero-order chi connectivity index (χ0) is 20.3. The van der Waals surface area contributed by atoms with Crippen LogP contribution in [0.15, 0.2) is 54.1 Å². The van der Waals surface area contributed by atoms with E-state index in [1.807, 2.05) is 64.2 Å². The van der Waals surface area contributed by atoms with Gasteiger partial charge in [0.05, 0.1) is 6.10 Å². The average Bonchev–Trinajstić information content (AvgIpc) is 2.90. The number of carbonyl (C=O) groups excluding carboxylic acids is 1. The normalized spacial score (nSPS) is 11.5. The molecule has 2 aromatic carbocycles. The lowest BCUT2D eigenvalue weighted by Gasteiger charge is -2.11. The standard InChI is InChI=1S/C23H23N3O2/c1-15(2)28-19-9-7-8-18(13-19)25-23(27)17(14-24)12-21-16(3)26(4)22-11-6-5-10-20(21)22/h5-13,15H,1-4H3,(H,25,27)/b17-12-. The summed E-state index contributed by atoms with van der Waals surface area (Å²) < 4.78 is 7.71. The van der Waals surface area contributed by atoms with E-state index in [-0.39, 0.29) is 11.7 Å². The van der Waals surface area contributed by atoms with Crippen molar-refractivity contribution in [1.82, 2.24) is 4.57 Å². The Labute approximate surface area is 164 Å². The van der Waals surface area contributed by atoms with E-state index in [0.717, 1.165) is 22.2 Å². The van der Waals surface area contributed by atoms with Crippen LogP contribution < -0.4 is 10.1 Å². The van der Waals surface area contributed by atoms with Gasteiger partial charge in [-0.15, -0.1) is 0 Å². The van der Waals surface area contributed by atoms with Crippen LogP contribution in [0.2, 0.25) is 0 Å². The third-order valence-corrected chi connectivity index (χ3v) is 4.57. The third kappa shape index (κ3) is 3.91. The molecule has 0 saturated carbocycles. The molecule has 28 heavy (non-hydrogen) atoms. The van der Waals surface area contributed by atoms with Crippen molar-refractivity contribution in [3.8, 4) is 11.8 Å². The van der Waals surface area contributed by atoms with Crippen LogP contribution in [-0.2, 0) is 11.8 Å². The summed E-state index contributed by atoms with van der Waals surface area (Å²) in [5, 5.41) is 13.4. The zero-order valence-electron chi connectivity index (χ0n) is 16.5. The number of rotatable bonds is 5. The van der Waals surface area contributed by atoms with E-state index in [0.29, 0.717) is 11.4 Å². The molecule has 3 rings (SSSR count). The molecule has 1 heterocycles. The van der Waals surface area contributed by atoms with Gasteiger partial charge in [0.2, 0.25) is 0 Å². The molecule has 0 aliphatic heterocycles. The summed E-state index contributed by atoms with van der Waals surface area (Å²) in [6, 6.07) is 17.1. The minimum atomic E-state index is -0.448. The van der Waals surface area contributed by atoms with Crippen LogP contribution in [-0.4, -0.2) is 16.6 Å². The molecule has 0 aliphatic rings. The second-order valence-corrected chi connectivity index (χ2v) is 6.89. The second kappa shape index (κ2) is 8.01. The number of aromatic nitrogens is 1. The van der Waals surface area contributed by atoms with E-state index in [1.165, 1.54) is 0 Å². The number of fused-ring (bicyclic) bond motifs is 1. The molecule has 1 N–H and O–H groups in total. The van der Waals surface area contributed by atoms with Gasteiger partial charge in [-0.3, -0.25) is 4.79 Å². The first-order chi connectivity index (χ1) is 13.4. The molecule has 142 valence electrons. The predicted octanol–water partition coefficient (Wildman–Crippen LogP) is 4.82. The van der Waals surface area contributed by atoms with Gasteiger partial charge in [-0.1, -0.05) is 24.3 Å². The predicted molar refractivity (Wildman–Crippen MR) is 112 cm³/mol. The Balaban J connectivity index is 1.91. The van der Waals surface area contributed by atoms with E-state index in [1.54, 1.807) is 24.3 Å². The van der Waals surface area contributed by atoms with Crippen molar-refractivity contribution in [2.45, 2.75) is 26.9 Å². The van der Waals surface area contributed by atoms with Gasteiger partial charge in [0.1, 0.15) is 17.4 Å². The molecule has 1 amide bonds. The van der Waals surface area contributed by atoms with E-state index in [9.17, 15) is 10.1 Å². The molecule has 0 radical (unpaired) electrons. The van der Waals surface area contributed by atoms with Crippen molar-refractivity contribution in [1.29, 1.82) is 5.26 Å². The number of para-hydroxylation sites is 1. The van der Waals surface area contributed by atoms with Crippen LogP contribution in [0.5, 0.6) is 5.75 Å². The molecule has 3 aromatic rings. The van der Waals surface area contributed by atoms with Gasteiger partial charge >= 0.3 is 0 Å². The number of ether oxygens (including phenoxy) is 1. The number of carbonyl (C=O) groups is 1. The molecule has 0 atom stereocenters. The van der Waals surface area contributed by atoms with Gasteiger partial charge in [-0.2, -0.15) is 5.26 Å². The number of hydrogen-bond acceptors (Lipinski definition) is 3. The minimum absolute atomic E-state index is 0.0369. The lowest BCUT2D eigenvalue weighted by atomic mass is 10.1. The number of hydrogen-bond donors (Lipinski definition) is 1. The summed E-state index contributed by atoms with van der Waals surface area (Å²) in [7, 11) is 1.97. The smallest absolute Gasteiger partial charge is 0.266 e. The highest BCUT2D eigenvalue weighted by atomic mass is 16.5. The van der Waals surface area contributed by atoms with E-state index >= 15 is 0 Å². The Morgan fingerprint density at radius 3 is 2.68 bits per heavy atom. The van der Waals surface area contributed by atoms with Crippen molar-refractivity contribution in [3.63, 3.8) is 0 Å². The SMILES string of the molecule is Cc1c(/C=C(/C#N)C(=O)Nc2cccc(OC(C)C)c2)c2ccccc2n1C.